The molecule has 0 radical (unpaired) electrons. The predicted molar refractivity (Wildman–Crippen MR) is 91.3 cm³/mol. The summed E-state index contributed by atoms with van der Waals surface area (Å²) in [7, 11) is 3.19. The molecule has 122 valence electrons. The maximum Gasteiger partial charge on any atom is 0.238 e. The van der Waals surface area contributed by atoms with Crippen LogP contribution in [-0.4, -0.2) is 26.7 Å². The summed E-state index contributed by atoms with van der Waals surface area (Å²) < 4.78 is 10.4. The van der Waals surface area contributed by atoms with Gasteiger partial charge in [0.25, 0.3) is 0 Å². The molecule has 23 heavy (non-hydrogen) atoms. The Hall–Kier alpha value is -2.24. The lowest BCUT2D eigenvalue weighted by Gasteiger charge is -2.10. The van der Waals surface area contributed by atoms with Gasteiger partial charge in [0.05, 0.1) is 20.8 Å². The predicted octanol–water partition coefficient (Wildman–Crippen LogP) is 3.09. The number of anilines is 1. The van der Waals surface area contributed by atoms with Crippen molar-refractivity contribution in [3.63, 3.8) is 0 Å². The number of amides is 1. The first-order valence-electron chi connectivity index (χ1n) is 7.09. The largest absolute Gasteiger partial charge is 0.493 e. The number of carbonyl (C=O) groups excluding carboxylic acids is 1. The molecule has 0 saturated carbocycles. The molecule has 0 aliphatic carbocycles. The van der Waals surface area contributed by atoms with E-state index < -0.39 is 0 Å². The van der Waals surface area contributed by atoms with E-state index in [-0.39, 0.29) is 12.5 Å². The molecule has 0 fully saturated rings. The Bertz CT molecular complexity index is 659. The molecule has 2 aromatic carbocycles. The number of carbonyl (C=O) groups is 1. The van der Waals surface area contributed by atoms with Gasteiger partial charge in [-0.15, -0.1) is 0 Å². The lowest BCUT2D eigenvalue weighted by molar-refractivity contribution is -0.115. The van der Waals surface area contributed by atoms with E-state index in [1.54, 1.807) is 38.5 Å². The number of nitrogens with one attached hydrogen (secondary N) is 2. The van der Waals surface area contributed by atoms with Crippen molar-refractivity contribution < 1.29 is 14.3 Å². The standard InChI is InChI=1S/C17H19ClN2O3/c1-22-15-8-3-12(9-16(15)23-2)10-19-11-17(21)20-14-6-4-13(18)5-7-14/h3-9,19H,10-11H2,1-2H3,(H,20,21). The molecule has 6 heteroatoms. The zero-order chi connectivity index (χ0) is 16.7. The van der Waals surface area contributed by atoms with E-state index in [0.717, 1.165) is 5.56 Å². The summed E-state index contributed by atoms with van der Waals surface area (Å²) >= 11 is 5.80. The third-order valence-electron chi connectivity index (χ3n) is 3.19. The zero-order valence-electron chi connectivity index (χ0n) is 13.1. The molecule has 2 N–H and O–H groups in total. The first-order chi connectivity index (χ1) is 11.1. The summed E-state index contributed by atoms with van der Waals surface area (Å²) in [6.45, 7) is 0.755. The van der Waals surface area contributed by atoms with Gasteiger partial charge < -0.3 is 20.1 Å². The van der Waals surface area contributed by atoms with Crippen LogP contribution in [0.1, 0.15) is 5.56 Å². The number of ether oxygens (including phenoxy) is 2. The highest BCUT2D eigenvalue weighted by atomic mass is 35.5. The summed E-state index contributed by atoms with van der Waals surface area (Å²) in [6.07, 6.45) is 0. The van der Waals surface area contributed by atoms with Gasteiger partial charge in [-0.2, -0.15) is 0 Å². The van der Waals surface area contributed by atoms with Gasteiger partial charge in [-0.1, -0.05) is 17.7 Å². The Morgan fingerprint density at radius 3 is 2.39 bits per heavy atom. The van der Waals surface area contributed by atoms with E-state index in [9.17, 15) is 4.79 Å². The maximum atomic E-state index is 11.9. The van der Waals surface area contributed by atoms with Crippen LogP contribution in [0.2, 0.25) is 5.02 Å². The summed E-state index contributed by atoms with van der Waals surface area (Å²) in [5, 5.41) is 6.51. The van der Waals surface area contributed by atoms with Crippen LogP contribution in [0.4, 0.5) is 5.69 Å². The van der Waals surface area contributed by atoms with Gasteiger partial charge in [-0.3, -0.25) is 4.79 Å². The molecule has 2 rings (SSSR count). The molecular formula is C17H19ClN2O3. The second-order valence-corrected chi connectivity index (χ2v) is 5.28. The van der Waals surface area contributed by atoms with Gasteiger partial charge in [0.15, 0.2) is 11.5 Å². The number of methoxy groups -OCH3 is 2. The van der Waals surface area contributed by atoms with Gasteiger partial charge >= 0.3 is 0 Å². The third-order valence-corrected chi connectivity index (χ3v) is 3.44. The second-order valence-electron chi connectivity index (χ2n) is 4.85. The van der Waals surface area contributed by atoms with Crippen LogP contribution in [0, 0.1) is 0 Å². The van der Waals surface area contributed by atoms with Gasteiger partial charge in [0, 0.05) is 17.3 Å². The lowest BCUT2D eigenvalue weighted by atomic mass is 10.2. The first kappa shape index (κ1) is 17.1. The van der Waals surface area contributed by atoms with Crippen LogP contribution >= 0.6 is 11.6 Å². The molecule has 0 unspecified atom stereocenters. The minimum Gasteiger partial charge on any atom is -0.493 e. The van der Waals surface area contributed by atoms with E-state index in [0.29, 0.717) is 28.8 Å². The molecule has 0 heterocycles. The average Bonchev–Trinajstić information content (AvgIpc) is 2.56. The second kappa shape index (κ2) is 8.41. The minimum absolute atomic E-state index is 0.118. The quantitative estimate of drug-likeness (QED) is 0.817. The molecule has 0 aliphatic rings. The van der Waals surface area contributed by atoms with Crippen molar-refractivity contribution in [2.45, 2.75) is 6.54 Å². The van der Waals surface area contributed by atoms with Crippen molar-refractivity contribution in [1.82, 2.24) is 5.32 Å². The molecule has 0 atom stereocenters. The summed E-state index contributed by atoms with van der Waals surface area (Å²) in [5.74, 6) is 1.22. The number of rotatable bonds is 7. The van der Waals surface area contributed by atoms with Crippen LogP contribution in [0.5, 0.6) is 11.5 Å². The fourth-order valence-electron chi connectivity index (χ4n) is 2.05. The summed E-state index contributed by atoms with van der Waals surface area (Å²) in [6, 6.07) is 12.6. The fourth-order valence-corrected chi connectivity index (χ4v) is 2.18. The van der Waals surface area contributed by atoms with E-state index in [2.05, 4.69) is 10.6 Å². The zero-order valence-corrected chi connectivity index (χ0v) is 13.8. The average molecular weight is 335 g/mol. The molecule has 1 amide bonds. The Morgan fingerprint density at radius 1 is 1.04 bits per heavy atom. The molecule has 0 spiro atoms. The number of benzene rings is 2. The van der Waals surface area contributed by atoms with Gasteiger partial charge in [-0.05, 0) is 42.0 Å². The third kappa shape index (κ3) is 5.16. The molecule has 0 aliphatic heterocycles. The Kier molecular flexibility index (Phi) is 6.26. The van der Waals surface area contributed by atoms with Crippen LogP contribution < -0.4 is 20.1 Å². The normalized spacial score (nSPS) is 10.2. The highest BCUT2D eigenvalue weighted by Gasteiger charge is 2.06. The van der Waals surface area contributed by atoms with Crippen LogP contribution in [0.25, 0.3) is 0 Å². The Labute approximate surface area is 140 Å². The number of hydrogen-bond donors (Lipinski definition) is 2. The number of halogens is 1. The highest BCUT2D eigenvalue weighted by molar-refractivity contribution is 6.30. The van der Waals surface area contributed by atoms with Crippen molar-refractivity contribution in [2.75, 3.05) is 26.1 Å². The van der Waals surface area contributed by atoms with Crippen LogP contribution in [0.3, 0.4) is 0 Å². The van der Waals surface area contributed by atoms with Crippen molar-refractivity contribution in [3.05, 3.63) is 53.1 Å². The first-order valence-corrected chi connectivity index (χ1v) is 7.47. The molecule has 0 aromatic heterocycles. The van der Waals surface area contributed by atoms with Crippen LogP contribution in [-0.2, 0) is 11.3 Å². The van der Waals surface area contributed by atoms with E-state index in [1.165, 1.54) is 0 Å². The lowest BCUT2D eigenvalue weighted by Crippen LogP contribution is -2.27. The minimum atomic E-state index is -0.118. The highest BCUT2D eigenvalue weighted by Crippen LogP contribution is 2.27. The number of hydrogen-bond acceptors (Lipinski definition) is 4. The van der Waals surface area contributed by atoms with Gasteiger partial charge in [0.2, 0.25) is 5.91 Å². The van der Waals surface area contributed by atoms with Gasteiger partial charge in [0.1, 0.15) is 0 Å². The van der Waals surface area contributed by atoms with Crippen molar-refractivity contribution >= 4 is 23.2 Å². The molecule has 2 aromatic rings. The van der Waals surface area contributed by atoms with Crippen molar-refractivity contribution in [3.8, 4) is 11.5 Å². The van der Waals surface area contributed by atoms with E-state index >= 15 is 0 Å². The monoisotopic (exact) mass is 334 g/mol. The molecular weight excluding hydrogens is 316 g/mol. The summed E-state index contributed by atoms with van der Waals surface area (Å²) in [5.41, 5.74) is 1.72. The van der Waals surface area contributed by atoms with Gasteiger partial charge in [-0.25, -0.2) is 0 Å². The fraction of sp³-hybridized carbons (Fsp3) is 0.235. The maximum absolute atomic E-state index is 11.9. The molecule has 5 nitrogen and oxygen atoms in total. The van der Waals surface area contributed by atoms with Crippen molar-refractivity contribution in [1.29, 1.82) is 0 Å². The van der Waals surface area contributed by atoms with Crippen LogP contribution in [0.15, 0.2) is 42.5 Å². The van der Waals surface area contributed by atoms with E-state index in [4.69, 9.17) is 21.1 Å². The van der Waals surface area contributed by atoms with E-state index in [1.807, 2.05) is 18.2 Å². The smallest absolute Gasteiger partial charge is 0.238 e. The summed E-state index contributed by atoms with van der Waals surface area (Å²) in [4.78, 5) is 11.9. The topological polar surface area (TPSA) is 59.6 Å². The molecule has 0 saturated heterocycles. The SMILES string of the molecule is COc1ccc(CNCC(=O)Nc2ccc(Cl)cc2)cc1OC. The Morgan fingerprint density at radius 2 is 1.74 bits per heavy atom. The molecule has 0 bridgehead atoms. The Balaban J connectivity index is 1.82. The van der Waals surface area contributed by atoms with Crippen molar-refractivity contribution in [2.24, 2.45) is 0 Å².